The molecule has 0 aliphatic carbocycles. The molecule has 9 nitrogen and oxygen atoms in total. The number of ether oxygens (including phenoxy) is 2. The van der Waals surface area contributed by atoms with E-state index in [1.807, 2.05) is 6.92 Å². The Morgan fingerprint density at radius 1 is 1.16 bits per heavy atom. The van der Waals surface area contributed by atoms with Crippen molar-refractivity contribution in [2.24, 2.45) is 0 Å². The Balaban J connectivity index is 1.37. The molecule has 0 fully saturated rings. The molecule has 0 saturated heterocycles. The third kappa shape index (κ3) is 4.84. The van der Waals surface area contributed by atoms with Crippen LogP contribution in [0, 0.1) is 0 Å². The highest BCUT2D eigenvalue weighted by Crippen LogP contribution is 2.33. The van der Waals surface area contributed by atoms with Crippen LogP contribution in [0.1, 0.15) is 22.3 Å². The second-order valence-corrected chi connectivity index (χ2v) is 8.98. The number of nitrogens with one attached hydrogen (secondary N) is 1. The van der Waals surface area contributed by atoms with Crippen LogP contribution in [-0.2, 0) is 16.4 Å². The summed E-state index contributed by atoms with van der Waals surface area (Å²) in [5, 5.41) is 11.4. The lowest BCUT2D eigenvalue weighted by molar-refractivity contribution is 0.104. The number of anilines is 1. The van der Waals surface area contributed by atoms with Crippen molar-refractivity contribution in [2.45, 2.75) is 18.2 Å². The van der Waals surface area contributed by atoms with Gasteiger partial charge in [-0.25, -0.2) is 8.42 Å². The fourth-order valence-electron chi connectivity index (χ4n) is 2.66. The number of sulfonamides is 1. The van der Waals surface area contributed by atoms with Crippen LogP contribution < -0.4 is 14.8 Å². The van der Waals surface area contributed by atoms with Gasteiger partial charge in [-0.3, -0.25) is 9.89 Å². The highest BCUT2D eigenvalue weighted by molar-refractivity contribution is 7.94. The molecule has 2 aromatic carbocycles. The second kappa shape index (κ2) is 8.74. The molecule has 0 saturated carbocycles. The van der Waals surface area contributed by atoms with E-state index in [4.69, 9.17) is 9.47 Å². The van der Waals surface area contributed by atoms with E-state index in [2.05, 4.69) is 20.2 Å². The van der Waals surface area contributed by atoms with Gasteiger partial charge in [0, 0.05) is 28.7 Å². The molecule has 1 aliphatic heterocycles. The maximum absolute atomic E-state index is 12.4. The zero-order valence-electron chi connectivity index (χ0n) is 16.3. The summed E-state index contributed by atoms with van der Waals surface area (Å²) in [6.07, 6.45) is 3.52. The van der Waals surface area contributed by atoms with E-state index in [0.29, 0.717) is 29.2 Å². The number of ketones is 1. The molecule has 31 heavy (non-hydrogen) atoms. The smallest absolute Gasteiger partial charge is 0.231 e. The molecule has 1 aromatic heterocycles. The number of hydrogen-bond acceptors (Lipinski definition) is 9. The van der Waals surface area contributed by atoms with Crippen LogP contribution in [0.15, 0.2) is 59.6 Å². The molecule has 1 N–H and O–H groups in total. The molecule has 11 heteroatoms. The number of benzene rings is 2. The molecular formula is C20H17N4O5S2-. The molecular weight excluding hydrogens is 440 g/mol. The lowest BCUT2D eigenvalue weighted by Gasteiger charge is -2.11. The molecule has 1 aliphatic rings. The molecule has 160 valence electrons. The summed E-state index contributed by atoms with van der Waals surface area (Å²) < 4.78 is 39.1. The Morgan fingerprint density at radius 2 is 1.94 bits per heavy atom. The van der Waals surface area contributed by atoms with Crippen molar-refractivity contribution in [2.75, 3.05) is 12.1 Å². The number of allylic oxidation sites excluding steroid dienone is 1. The third-order valence-electron chi connectivity index (χ3n) is 4.25. The average Bonchev–Trinajstić information content (AvgIpc) is 3.42. The first-order valence-electron chi connectivity index (χ1n) is 9.22. The highest BCUT2D eigenvalue weighted by Gasteiger charge is 2.15. The van der Waals surface area contributed by atoms with Gasteiger partial charge in [-0.15, -0.1) is 11.3 Å². The van der Waals surface area contributed by atoms with Crippen molar-refractivity contribution in [1.82, 2.24) is 10.2 Å². The Bertz CT molecular complexity index is 1240. The summed E-state index contributed by atoms with van der Waals surface area (Å²) in [5.41, 5.74) is 1.08. The van der Waals surface area contributed by atoms with E-state index in [1.165, 1.54) is 24.4 Å². The zero-order chi connectivity index (χ0) is 21.8. The minimum atomic E-state index is -3.89. The molecule has 0 radical (unpaired) electrons. The number of fused-ring (bicyclic) bond motifs is 1. The molecule has 0 unspecified atom stereocenters. The fraction of sp³-hybridized carbons (Fsp3) is 0.150. The molecule has 3 aromatic rings. The van der Waals surface area contributed by atoms with E-state index < -0.39 is 10.0 Å². The van der Waals surface area contributed by atoms with Crippen molar-refractivity contribution in [3.63, 3.8) is 0 Å². The number of rotatable bonds is 8. The van der Waals surface area contributed by atoms with E-state index in [-0.39, 0.29) is 22.6 Å². The van der Waals surface area contributed by atoms with Crippen LogP contribution >= 0.6 is 11.3 Å². The standard InChI is InChI=1S/C20H18N4O5S2/c1-2-19-22-23-20(30-19)24-31(26,27)15-6-4-14(5-7-15)21-10-9-16(25)13-3-8-17-18(11-13)29-12-28-17/h3-11H,2,12H2,1H3,(H2,21,23,24,25)/p-1. The van der Waals surface area contributed by atoms with Crippen molar-refractivity contribution in [1.29, 1.82) is 0 Å². The minimum Gasteiger partial charge on any atom is -0.454 e. The SMILES string of the molecule is CCc1nnc([N-]S(=O)(=O)c2ccc(N/C=C/C(=O)c3ccc4c(c3)OCO4)cc2)s1. The van der Waals surface area contributed by atoms with Crippen molar-refractivity contribution in [3.8, 4) is 11.5 Å². The number of hydrogen-bond donors (Lipinski definition) is 1. The van der Waals surface area contributed by atoms with Crippen LogP contribution in [0.2, 0.25) is 0 Å². The van der Waals surface area contributed by atoms with Crippen LogP contribution in [0.5, 0.6) is 11.5 Å². The summed E-state index contributed by atoms with van der Waals surface area (Å²) >= 11 is 1.14. The number of carbonyl (C=O) groups excluding carboxylic acids is 1. The number of aromatic nitrogens is 2. The summed E-state index contributed by atoms with van der Waals surface area (Å²) in [4.78, 5) is 12.3. The Hall–Kier alpha value is -3.44. The number of nitrogens with zero attached hydrogens (tertiary/aromatic N) is 3. The lowest BCUT2D eigenvalue weighted by Crippen LogP contribution is -1.99. The van der Waals surface area contributed by atoms with Crippen molar-refractivity contribution < 1.29 is 22.7 Å². The normalized spacial score (nSPS) is 12.8. The van der Waals surface area contributed by atoms with Gasteiger partial charge < -0.3 is 24.6 Å². The third-order valence-corrected chi connectivity index (χ3v) is 6.61. The van der Waals surface area contributed by atoms with Crippen LogP contribution in [0.4, 0.5) is 10.8 Å². The van der Waals surface area contributed by atoms with E-state index in [9.17, 15) is 13.2 Å². The van der Waals surface area contributed by atoms with E-state index in [1.54, 1.807) is 30.3 Å². The molecule has 0 amide bonds. The largest absolute Gasteiger partial charge is 0.454 e. The quantitative estimate of drug-likeness (QED) is 0.397. The van der Waals surface area contributed by atoms with Gasteiger partial charge >= 0.3 is 0 Å². The van der Waals surface area contributed by atoms with Gasteiger partial charge in [0.1, 0.15) is 0 Å². The number of carbonyl (C=O) groups is 1. The first kappa shape index (κ1) is 20.8. The van der Waals surface area contributed by atoms with Gasteiger partial charge in [0.2, 0.25) is 16.8 Å². The number of aryl methyl sites for hydroxylation is 1. The Kier molecular flexibility index (Phi) is 5.87. The first-order chi connectivity index (χ1) is 14.9. The van der Waals surface area contributed by atoms with Gasteiger partial charge in [0.15, 0.2) is 17.3 Å². The van der Waals surface area contributed by atoms with E-state index >= 15 is 0 Å². The van der Waals surface area contributed by atoms with Gasteiger partial charge in [0.25, 0.3) is 0 Å². The summed E-state index contributed by atoms with van der Waals surface area (Å²) in [7, 11) is -3.89. The predicted octanol–water partition coefficient (Wildman–Crippen LogP) is 4.03. The monoisotopic (exact) mass is 457 g/mol. The van der Waals surface area contributed by atoms with Gasteiger partial charge in [-0.05, 0) is 48.9 Å². The van der Waals surface area contributed by atoms with Crippen molar-refractivity contribution in [3.05, 3.63) is 70.0 Å². The average molecular weight is 458 g/mol. The maximum Gasteiger partial charge on any atom is 0.231 e. The van der Waals surface area contributed by atoms with Crippen LogP contribution in [0.3, 0.4) is 0 Å². The molecule has 2 heterocycles. The van der Waals surface area contributed by atoms with Gasteiger partial charge in [0.05, 0.1) is 9.90 Å². The Morgan fingerprint density at radius 3 is 2.68 bits per heavy atom. The molecule has 4 rings (SSSR count). The summed E-state index contributed by atoms with van der Waals surface area (Å²) in [6.45, 7) is 2.05. The topological polar surface area (TPSA) is 122 Å². The predicted molar refractivity (Wildman–Crippen MR) is 116 cm³/mol. The highest BCUT2D eigenvalue weighted by atomic mass is 32.2. The zero-order valence-corrected chi connectivity index (χ0v) is 17.9. The molecule has 0 atom stereocenters. The summed E-state index contributed by atoms with van der Waals surface area (Å²) in [6, 6.07) is 11.0. The summed E-state index contributed by atoms with van der Waals surface area (Å²) in [5.74, 6) is 0.929. The maximum atomic E-state index is 12.4. The van der Waals surface area contributed by atoms with Gasteiger partial charge in [-0.1, -0.05) is 6.92 Å². The van der Waals surface area contributed by atoms with Crippen LogP contribution in [0.25, 0.3) is 4.72 Å². The molecule has 0 bridgehead atoms. The van der Waals surface area contributed by atoms with E-state index in [0.717, 1.165) is 16.3 Å². The minimum absolute atomic E-state index is 0.0340. The van der Waals surface area contributed by atoms with Crippen LogP contribution in [-0.4, -0.2) is 31.2 Å². The Labute approximate surface area is 182 Å². The first-order valence-corrected chi connectivity index (χ1v) is 11.5. The van der Waals surface area contributed by atoms with Gasteiger partial charge in [-0.2, -0.15) is 0 Å². The van der Waals surface area contributed by atoms with Crippen molar-refractivity contribution >= 4 is 38.0 Å². The molecule has 0 spiro atoms. The second-order valence-electron chi connectivity index (χ2n) is 6.33. The lowest BCUT2D eigenvalue weighted by atomic mass is 10.1. The fourth-order valence-corrected chi connectivity index (χ4v) is 4.45.